The number of carbonyl (C=O) groups excluding carboxylic acids is 1. The van der Waals surface area contributed by atoms with E-state index in [1.807, 2.05) is 13.8 Å². The van der Waals surface area contributed by atoms with Crippen molar-refractivity contribution >= 4 is 11.8 Å². The smallest absolute Gasteiger partial charge is 0.375 e. The average Bonchev–Trinajstić information content (AvgIpc) is 2.77. The molecule has 1 aliphatic heterocycles. The van der Waals surface area contributed by atoms with Crippen molar-refractivity contribution in [2.24, 2.45) is 0 Å². The van der Waals surface area contributed by atoms with E-state index in [4.69, 9.17) is 4.74 Å². The summed E-state index contributed by atoms with van der Waals surface area (Å²) in [5.74, 6) is 0.0931. The van der Waals surface area contributed by atoms with Gasteiger partial charge < -0.3 is 9.64 Å². The van der Waals surface area contributed by atoms with Crippen molar-refractivity contribution in [3.63, 3.8) is 0 Å². The number of ether oxygens (including phenoxy) is 1. The summed E-state index contributed by atoms with van der Waals surface area (Å²) < 4.78 is 42.8. The van der Waals surface area contributed by atoms with Gasteiger partial charge in [-0.25, -0.2) is 4.79 Å². The molecule has 1 N–H and O–H groups in total. The summed E-state index contributed by atoms with van der Waals surface area (Å²) >= 11 is 0. The number of aromatic nitrogens is 2. The molecule has 1 fully saturated rings. The molecule has 2 amide bonds. The first kappa shape index (κ1) is 15.6. The highest BCUT2D eigenvalue weighted by molar-refractivity contribution is 5.88. The molecular weight excluding hydrogens is 289 g/mol. The Morgan fingerprint density at radius 3 is 2.90 bits per heavy atom. The predicted molar refractivity (Wildman–Crippen MR) is 68.9 cm³/mol. The second kappa shape index (κ2) is 5.92. The molecule has 6 nitrogen and oxygen atoms in total. The maximum Gasteiger partial charge on any atom is 0.408 e. The SMILES string of the molecule is C[C@@H]1OCCN(C(=O)Nc2ccn(CC(F)(F)F)n2)[C@H]1C. The highest BCUT2D eigenvalue weighted by atomic mass is 19.4. The number of anilines is 1. The number of nitrogens with zero attached hydrogens (tertiary/aromatic N) is 3. The highest BCUT2D eigenvalue weighted by Gasteiger charge is 2.30. The van der Waals surface area contributed by atoms with Crippen molar-refractivity contribution in [1.29, 1.82) is 0 Å². The van der Waals surface area contributed by atoms with Crippen LogP contribution in [0.3, 0.4) is 0 Å². The molecule has 0 aromatic carbocycles. The van der Waals surface area contributed by atoms with Crippen LogP contribution in [0, 0.1) is 0 Å². The Bertz CT molecular complexity index is 503. The lowest BCUT2D eigenvalue weighted by Gasteiger charge is -2.37. The number of hydrogen-bond donors (Lipinski definition) is 1. The molecule has 0 saturated carbocycles. The minimum atomic E-state index is -4.35. The monoisotopic (exact) mass is 306 g/mol. The van der Waals surface area contributed by atoms with Crippen molar-refractivity contribution in [2.45, 2.75) is 38.7 Å². The fourth-order valence-electron chi connectivity index (χ4n) is 2.10. The van der Waals surface area contributed by atoms with Gasteiger partial charge in [0.1, 0.15) is 6.54 Å². The van der Waals surface area contributed by atoms with Crippen LogP contribution in [0.15, 0.2) is 12.3 Å². The predicted octanol–water partition coefficient (Wildman–Crippen LogP) is 2.09. The average molecular weight is 306 g/mol. The molecule has 1 aromatic rings. The summed E-state index contributed by atoms with van der Waals surface area (Å²) in [6.45, 7) is 3.39. The standard InChI is InChI=1S/C12H17F3N4O2/c1-8-9(2)21-6-5-19(8)11(20)16-10-3-4-18(17-10)7-12(13,14)15/h3-4,8-9H,5-7H2,1-2H3,(H,16,17,20)/t8-,9-/m0/s1. The van der Waals surface area contributed by atoms with Crippen LogP contribution in [0.25, 0.3) is 0 Å². The first-order chi connectivity index (χ1) is 9.76. The largest absolute Gasteiger partial charge is 0.408 e. The molecule has 0 radical (unpaired) electrons. The van der Waals surface area contributed by atoms with E-state index < -0.39 is 18.8 Å². The molecule has 0 spiro atoms. The van der Waals surface area contributed by atoms with Gasteiger partial charge in [-0.15, -0.1) is 0 Å². The lowest BCUT2D eigenvalue weighted by atomic mass is 10.1. The van der Waals surface area contributed by atoms with Crippen LogP contribution in [-0.4, -0.2) is 52.2 Å². The van der Waals surface area contributed by atoms with Crippen molar-refractivity contribution in [1.82, 2.24) is 14.7 Å². The molecule has 21 heavy (non-hydrogen) atoms. The van der Waals surface area contributed by atoms with Gasteiger partial charge in [-0.3, -0.25) is 10.00 Å². The van der Waals surface area contributed by atoms with Gasteiger partial charge in [0.2, 0.25) is 0 Å². The van der Waals surface area contributed by atoms with Gasteiger partial charge in [-0.2, -0.15) is 18.3 Å². The van der Waals surface area contributed by atoms with E-state index in [0.717, 1.165) is 4.68 Å². The van der Waals surface area contributed by atoms with Crippen molar-refractivity contribution in [2.75, 3.05) is 18.5 Å². The number of nitrogens with one attached hydrogen (secondary N) is 1. The van der Waals surface area contributed by atoms with E-state index in [1.165, 1.54) is 12.3 Å². The van der Waals surface area contributed by atoms with Gasteiger partial charge in [-0.05, 0) is 13.8 Å². The first-order valence-corrected chi connectivity index (χ1v) is 6.56. The van der Waals surface area contributed by atoms with E-state index in [2.05, 4.69) is 10.4 Å². The van der Waals surface area contributed by atoms with E-state index in [9.17, 15) is 18.0 Å². The number of carbonyl (C=O) groups is 1. The Kier molecular flexibility index (Phi) is 4.40. The molecule has 2 heterocycles. The topological polar surface area (TPSA) is 59.4 Å². The normalized spacial score (nSPS) is 23.2. The van der Waals surface area contributed by atoms with Crippen LogP contribution in [0.1, 0.15) is 13.8 Å². The van der Waals surface area contributed by atoms with Crippen LogP contribution in [0.5, 0.6) is 0 Å². The van der Waals surface area contributed by atoms with Gasteiger partial charge >= 0.3 is 12.2 Å². The summed E-state index contributed by atoms with van der Waals surface area (Å²) in [6, 6.07) is 0.823. The van der Waals surface area contributed by atoms with Gasteiger partial charge in [0.25, 0.3) is 0 Å². The van der Waals surface area contributed by atoms with Gasteiger partial charge in [0.15, 0.2) is 5.82 Å². The molecule has 9 heteroatoms. The lowest BCUT2D eigenvalue weighted by Crippen LogP contribution is -2.52. The van der Waals surface area contributed by atoms with Gasteiger partial charge in [0, 0.05) is 18.8 Å². The molecular formula is C12H17F3N4O2. The molecule has 2 rings (SSSR count). The van der Waals surface area contributed by atoms with Crippen LogP contribution in [0.2, 0.25) is 0 Å². The van der Waals surface area contributed by atoms with Crippen LogP contribution < -0.4 is 5.32 Å². The second-order valence-corrected chi connectivity index (χ2v) is 4.95. The van der Waals surface area contributed by atoms with E-state index in [0.29, 0.717) is 13.2 Å². The number of amides is 2. The molecule has 1 saturated heterocycles. The van der Waals surface area contributed by atoms with E-state index in [-0.39, 0.29) is 18.0 Å². The fourth-order valence-corrected chi connectivity index (χ4v) is 2.10. The zero-order valence-electron chi connectivity index (χ0n) is 11.7. The number of morpholine rings is 1. The summed E-state index contributed by atoms with van der Waals surface area (Å²) in [6.07, 6.45) is -3.26. The summed E-state index contributed by atoms with van der Waals surface area (Å²) in [7, 11) is 0. The Hall–Kier alpha value is -1.77. The number of hydrogen-bond acceptors (Lipinski definition) is 3. The summed E-state index contributed by atoms with van der Waals surface area (Å²) in [5.41, 5.74) is 0. The third-order valence-corrected chi connectivity index (χ3v) is 3.36. The van der Waals surface area contributed by atoms with Crippen molar-refractivity contribution in [3.05, 3.63) is 12.3 Å². The summed E-state index contributed by atoms with van der Waals surface area (Å²) in [4.78, 5) is 13.7. The molecule has 0 aliphatic carbocycles. The lowest BCUT2D eigenvalue weighted by molar-refractivity contribution is -0.142. The molecule has 1 aliphatic rings. The molecule has 118 valence electrons. The quantitative estimate of drug-likeness (QED) is 0.910. The molecule has 0 bridgehead atoms. The fraction of sp³-hybridized carbons (Fsp3) is 0.667. The molecule has 2 atom stereocenters. The molecule has 0 unspecified atom stereocenters. The minimum Gasteiger partial charge on any atom is -0.375 e. The van der Waals surface area contributed by atoms with Gasteiger partial charge in [-0.1, -0.05) is 0 Å². The zero-order chi connectivity index (χ0) is 15.6. The zero-order valence-corrected chi connectivity index (χ0v) is 11.7. The number of urea groups is 1. The maximum atomic E-state index is 12.2. The van der Waals surface area contributed by atoms with Crippen LogP contribution in [0.4, 0.5) is 23.8 Å². The van der Waals surface area contributed by atoms with Gasteiger partial charge in [0.05, 0.1) is 18.8 Å². The third kappa shape index (κ3) is 4.10. The summed E-state index contributed by atoms with van der Waals surface area (Å²) in [5, 5.41) is 6.18. The van der Waals surface area contributed by atoms with E-state index in [1.54, 1.807) is 4.90 Å². The van der Waals surface area contributed by atoms with Crippen molar-refractivity contribution in [3.8, 4) is 0 Å². The van der Waals surface area contributed by atoms with E-state index >= 15 is 0 Å². The minimum absolute atomic E-state index is 0.0905. The number of rotatable bonds is 2. The Balaban J connectivity index is 1.96. The maximum absolute atomic E-state index is 12.2. The number of halogens is 3. The second-order valence-electron chi connectivity index (χ2n) is 4.95. The highest BCUT2D eigenvalue weighted by Crippen LogP contribution is 2.18. The Labute approximate surface area is 119 Å². The third-order valence-electron chi connectivity index (χ3n) is 3.36. The Morgan fingerprint density at radius 1 is 1.52 bits per heavy atom. The number of alkyl halides is 3. The Morgan fingerprint density at radius 2 is 2.24 bits per heavy atom. The van der Waals surface area contributed by atoms with Crippen molar-refractivity contribution < 1.29 is 22.7 Å². The molecule has 1 aromatic heterocycles. The van der Waals surface area contributed by atoms with Crippen LogP contribution >= 0.6 is 0 Å². The first-order valence-electron chi connectivity index (χ1n) is 6.56. The van der Waals surface area contributed by atoms with Crippen LogP contribution in [-0.2, 0) is 11.3 Å².